The van der Waals surface area contributed by atoms with Crippen molar-refractivity contribution in [3.05, 3.63) is 59.7 Å². The van der Waals surface area contributed by atoms with Crippen LogP contribution in [0.15, 0.2) is 48.6 Å². The van der Waals surface area contributed by atoms with Crippen molar-refractivity contribution >= 4 is 5.97 Å². The summed E-state index contributed by atoms with van der Waals surface area (Å²) in [7, 11) is 0. The van der Waals surface area contributed by atoms with Crippen LogP contribution < -0.4 is 0 Å². The Kier molecular flexibility index (Phi) is 9.40. The molecule has 1 aromatic rings. The Hall–Kier alpha value is -2.34. The molecule has 0 radical (unpaired) electrons. The highest BCUT2D eigenvalue weighted by Crippen LogP contribution is 2.36. The third-order valence-corrected chi connectivity index (χ3v) is 7.00. The molecule has 0 aliphatic heterocycles. The Bertz CT molecular complexity index is 770. The molecule has 0 aromatic heterocycles. The second-order valence-electron chi connectivity index (χ2n) is 9.24. The van der Waals surface area contributed by atoms with Crippen LogP contribution in [-0.4, -0.2) is 12.1 Å². The normalized spacial score (nSPS) is 26.7. The van der Waals surface area contributed by atoms with Gasteiger partial charge in [0.15, 0.2) is 0 Å². The highest BCUT2D eigenvalue weighted by molar-refractivity contribution is 5.72. The van der Waals surface area contributed by atoms with Crippen molar-refractivity contribution in [3.63, 3.8) is 0 Å². The van der Waals surface area contributed by atoms with Crippen LogP contribution in [0.25, 0.3) is 0 Å². The van der Waals surface area contributed by atoms with Crippen LogP contribution in [0.5, 0.6) is 0 Å². The number of allylic oxidation sites excluding steroid dienone is 4. The highest BCUT2D eigenvalue weighted by atomic mass is 16.5. The molecule has 0 unspecified atom stereocenters. The van der Waals surface area contributed by atoms with Crippen LogP contribution in [0.1, 0.15) is 88.2 Å². The lowest BCUT2D eigenvalue weighted by Gasteiger charge is -2.31. The molecule has 3 rings (SSSR count). The van der Waals surface area contributed by atoms with E-state index in [1.54, 1.807) is 6.08 Å². The molecule has 0 amide bonds. The number of hydrogen-bond donors (Lipinski definition) is 0. The van der Waals surface area contributed by atoms with Gasteiger partial charge in [-0.2, -0.15) is 5.26 Å². The quantitative estimate of drug-likeness (QED) is 0.258. The number of aryl methyl sites for hydroxylation is 1. The third-order valence-electron chi connectivity index (χ3n) is 7.00. The van der Waals surface area contributed by atoms with E-state index in [1.807, 2.05) is 12.1 Å². The molecule has 3 nitrogen and oxygen atoms in total. The van der Waals surface area contributed by atoms with E-state index in [2.05, 4.69) is 37.3 Å². The second-order valence-corrected chi connectivity index (χ2v) is 9.24. The molecule has 2 aliphatic rings. The molecule has 2 fully saturated rings. The van der Waals surface area contributed by atoms with E-state index in [1.165, 1.54) is 36.5 Å². The fourth-order valence-electron chi connectivity index (χ4n) is 4.98. The first-order chi connectivity index (χ1) is 15.2. The molecule has 3 heteroatoms. The molecule has 2 aliphatic carbocycles. The van der Waals surface area contributed by atoms with E-state index in [0.717, 1.165) is 51.4 Å². The van der Waals surface area contributed by atoms with Crippen LogP contribution >= 0.6 is 0 Å². The minimum atomic E-state index is 0.0236. The fourth-order valence-corrected chi connectivity index (χ4v) is 4.98. The van der Waals surface area contributed by atoms with Gasteiger partial charge in [0.05, 0.1) is 12.0 Å². The van der Waals surface area contributed by atoms with Gasteiger partial charge in [-0.15, -0.1) is 0 Å². The highest BCUT2D eigenvalue weighted by Gasteiger charge is 2.30. The molecule has 166 valence electrons. The summed E-state index contributed by atoms with van der Waals surface area (Å²) >= 11 is 0. The number of benzene rings is 1. The van der Waals surface area contributed by atoms with Gasteiger partial charge in [0, 0.05) is 6.08 Å². The molecule has 1 aromatic carbocycles. The maximum atomic E-state index is 12.7. The largest absolute Gasteiger partial charge is 0.462 e. The van der Waals surface area contributed by atoms with E-state index in [4.69, 9.17) is 10.00 Å². The number of ether oxygens (including phenoxy) is 1. The van der Waals surface area contributed by atoms with Crippen molar-refractivity contribution in [1.82, 2.24) is 0 Å². The smallest absolute Gasteiger partial charge is 0.309 e. The number of esters is 1. The van der Waals surface area contributed by atoms with Gasteiger partial charge < -0.3 is 4.74 Å². The van der Waals surface area contributed by atoms with Gasteiger partial charge in [0.25, 0.3) is 0 Å². The van der Waals surface area contributed by atoms with E-state index in [0.29, 0.717) is 11.8 Å². The topological polar surface area (TPSA) is 50.1 Å². The third kappa shape index (κ3) is 7.39. The maximum absolute atomic E-state index is 12.7. The zero-order chi connectivity index (χ0) is 21.9. The zero-order valence-corrected chi connectivity index (χ0v) is 19.0. The minimum absolute atomic E-state index is 0.0236. The van der Waals surface area contributed by atoms with Gasteiger partial charge in [-0.05, 0) is 87.2 Å². The molecule has 0 atom stereocenters. The maximum Gasteiger partial charge on any atom is 0.309 e. The van der Waals surface area contributed by atoms with Crippen molar-refractivity contribution in [2.75, 3.05) is 0 Å². The summed E-state index contributed by atoms with van der Waals surface area (Å²) in [5, 5.41) is 8.52. The predicted molar refractivity (Wildman–Crippen MR) is 125 cm³/mol. The second kappa shape index (κ2) is 12.5. The average molecular weight is 420 g/mol. The number of carbonyl (C=O) groups excluding carboxylic acids is 1. The lowest BCUT2D eigenvalue weighted by atomic mass is 9.81. The predicted octanol–water partition coefficient (Wildman–Crippen LogP) is 7.04. The van der Waals surface area contributed by atoms with Gasteiger partial charge in [0.2, 0.25) is 0 Å². The molecule has 0 bridgehead atoms. The number of nitrogens with zero attached hydrogens (tertiary/aromatic N) is 1. The van der Waals surface area contributed by atoms with Crippen LogP contribution in [0.3, 0.4) is 0 Å². The molecular weight excluding hydrogens is 382 g/mol. The Morgan fingerprint density at radius 3 is 2.39 bits per heavy atom. The van der Waals surface area contributed by atoms with Crippen molar-refractivity contribution in [3.8, 4) is 6.07 Å². The number of nitriles is 1. The summed E-state index contributed by atoms with van der Waals surface area (Å²) < 4.78 is 5.92. The summed E-state index contributed by atoms with van der Waals surface area (Å²) in [6.45, 7) is 2.24. The van der Waals surface area contributed by atoms with E-state index < -0.39 is 0 Å². The summed E-state index contributed by atoms with van der Waals surface area (Å²) in [4.78, 5) is 12.7. The van der Waals surface area contributed by atoms with E-state index in [-0.39, 0.29) is 18.0 Å². The molecule has 0 heterocycles. The Balaban J connectivity index is 1.38. The van der Waals surface area contributed by atoms with Crippen molar-refractivity contribution in [1.29, 1.82) is 5.26 Å². The summed E-state index contributed by atoms with van der Waals surface area (Å²) in [5.41, 5.74) is 2.89. The molecule has 2 saturated carbocycles. The number of carbonyl (C=O) groups is 1. The number of hydrogen-bond acceptors (Lipinski definition) is 3. The SMILES string of the molecule is CCCCc1ccc([C@H]2CC[C@H](OC(=O)[C@H]3CC[C@H](C=CC=CC#N)CC3)CC2)cc1. The average Bonchev–Trinajstić information content (AvgIpc) is 2.82. The Labute approximate surface area is 188 Å². The molecular formula is C28H37NO2. The molecule has 31 heavy (non-hydrogen) atoms. The molecule has 0 saturated heterocycles. The van der Waals surface area contributed by atoms with E-state index in [9.17, 15) is 4.79 Å². The van der Waals surface area contributed by atoms with Crippen molar-refractivity contribution in [2.45, 2.75) is 89.6 Å². The van der Waals surface area contributed by atoms with Crippen molar-refractivity contribution in [2.24, 2.45) is 11.8 Å². The first kappa shape index (κ1) is 23.3. The number of rotatable bonds is 8. The zero-order valence-electron chi connectivity index (χ0n) is 19.0. The molecule has 0 spiro atoms. The van der Waals surface area contributed by atoms with Gasteiger partial charge in [-0.1, -0.05) is 55.8 Å². The van der Waals surface area contributed by atoms with Gasteiger partial charge >= 0.3 is 5.97 Å². The lowest BCUT2D eigenvalue weighted by molar-refractivity contribution is -0.157. The van der Waals surface area contributed by atoms with Crippen molar-refractivity contribution < 1.29 is 9.53 Å². The first-order valence-corrected chi connectivity index (χ1v) is 12.2. The summed E-state index contributed by atoms with van der Waals surface area (Å²) in [5.74, 6) is 1.20. The van der Waals surface area contributed by atoms with Crippen LogP contribution in [0.2, 0.25) is 0 Å². The monoisotopic (exact) mass is 419 g/mol. The van der Waals surface area contributed by atoms with Crippen LogP contribution in [0.4, 0.5) is 0 Å². The standard InChI is InChI=1S/C28H37NO2/c1-2-3-7-22-9-13-24(14-10-22)25-17-19-27(20-18-25)31-28(30)26-15-11-23(12-16-26)8-5-4-6-21-29/h4-6,8-10,13-14,23,25-27H,2-3,7,11-12,15-20H2,1H3/t23-,25-,26-,27-. The summed E-state index contributed by atoms with van der Waals surface area (Å²) in [6.07, 6.45) is 19.2. The van der Waals surface area contributed by atoms with Gasteiger partial charge in [0.1, 0.15) is 6.10 Å². The first-order valence-electron chi connectivity index (χ1n) is 12.2. The lowest BCUT2D eigenvalue weighted by Crippen LogP contribution is -2.29. The van der Waals surface area contributed by atoms with E-state index >= 15 is 0 Å². The Morgan fingerprint density at radius 2 is 1.74 bits per heavy atom. The summed E-state index contributed by atoms with van der Waals surface area (Å²) in [6, 6.07) is 11.2. The Morgan fingerprint density at radius 1 is 1.03 bits per heavy atom. The van der Waals surface area contributed by atoms with Crippen LogP contribution in [0, 0.1) is 23.2 Å². The van der Waals surface area contributed by atoms with Gasteiger partial charge in [-0.3, -0.25) is 4.79 Å². The fraction of sp³-hybridized carbons (Fsp3) is 0.571. The number of unbranched alkanes of at least 4 members (excludes halogenated alkanes) is 1. The van der Waals surface area contributed by atoms with Crippen LogP contribution in [-0.2, 0) is 16.0 Å². The molecule has 0 N–H and O–H groups in total. The van der Waals surface area contributed by atoms with Gasteiger partial charge in [-0.25, -0.2) is 0 Å². The minimum Gasteiger partial charge on any atom is -0.462 e.